The largest absolute Gasteiger partial charge is 0.306 e. The Balaban J connectivity index is 0.000000163. The lowest BCUT2D eigenvalue weighted by atomic mass is 9.83. The number of hydrogen-bond acceptors (Lipinski definition) is 17. The molecular weight excluding hydrogens is 1770 g/mol. The van der Waals surface area contributed by atoms with Crippen LogP contribution in [-0.4, -0.2) is 128 Å². The summed E-state index contributed by atoms with van der Waals surface area (Å²) in [7, 11) is 0. The Bertz CT molecular complexity index is 6550. The summed E-state index contributed by atoms with van der Waals surface area (Å²) in [5.74, 6) is 0. The zero-order valence-electron chi connectivity index (χ0n) is 88.8. The van der Waals surface area contributed by atoms with Crippen LogP contribution in [0.1, 0.15) is 265 Å². The van der Waals surface area contributed by atoms with Crippen LogP contribution in [-0.2, 0) is 48.7 Å². The first kappa shape index (κ1) is 109. The minimum atomic E-state index is 0.0289. The van der Waals surface area contributed by atoms with Crippen molar-refractivity contribution in [2.75, 3.05) is 0 Å². The van der Waals surface area contributed by atoms with Gasteiger partial charge in [0.15, 0.2) is 0 Å². The van der Waals surface area contributed by atoms with E-state index in [9.17, 15) is 0 Å². The van der Waals surface area contributed by atoms with E-state index in [0.29, 0.717) is 0 Å². The van der Waals surface area contributed by atoms with E-state index in [1.807, 2.05) is 61.2 Å². The smallest absolute Gasteiger partial charge is 0.123 e. The number of aromatic nitrogens is 26. The van der Waals surface area contributed by atoms with Crippen LogP contribution < -0.4 is 0 Å². The Labute approximate surface area is 840 Å². The molecule has 0 unspecified atom stereocenters. The van der Waals surface area contributed by atoms with Crippen LogP contribution in [0, 0.1) is 34.6 Å². The molecule has 0 N–H and O–H groups in total. The third-order valence-electron chi connectivity index (χ3n) is 23.5. The Morgan fingerprint density at radius 2 is 0.496 bits per heavy atom. The van der Waals surface area contributed by atoms with Crippen LogP contribution in [0.15, 0.2) is 302 Å². The van der Waals surface area contributed by atoms with E-state index in [1.54, 1.807) is 107 Å². The minimum absolute atomic E-state index is 0.0289. The molecule has 0 atom stereocenters. The maximum absolute atomic E-state index is 6.20. The van der Waals surface area contributed by atoms with Crippen LogP contribution in [0.25, 0.3) is 51.2 Å². The van der Waals surface area contributed by atoms with Crippen molar-refractivity contribution in [2.24, 2.45) is 0 Å². The molecule has 0 aliphatic rings. The molecule has 0 radical (unpaired) electrons. The van der Waals surface area contributed by atoms with Crippen molar-refractivity contribution < 1.29 is 0 Å². The summed E-state index contributed by atoms with van der Waals surface area (Å²) in [6.45, 7) is 70.2. The molecule has 0 saturated heterocycles. The number of halogens is 1. The highest BCUT2D eigenvalue weighted by Gasteiger charge is 2.25. The number of nitrogens with zero attached hydrogens (tertiary/aromatic N) is 26. The van der Waals surface area contributed by atoms with Gasteiger partial charge in [0.1, 0.15) is 101 Å². The second kappa shape index (κ2) is 46.6. The van der Waals surface area contributed by atoms with Gasteiger partial charge in [-0.15, -0.1) is 81.6 Å². The van der Waals surface area contributed by atoms with Gasteiger partial charge in [0.05, 0.1) is 29.1 Å². The van der Waals surface area contributed by atoms with Crippen LogP contribution in [0.5, 0.6) is 0 Å². The van der Waals surface area contributed by atoms with Gasteiger partial charge >= 0.3 is 0 Å². The molecule has 0 fully saturated rings. The molecule has 0 bridgehead atoms. The molecule has 0 aliphatic heterocycles. The Morgan fingerprint density at radius 1 is 0.199 bits per heavy atom. The number of aryl methyl sites for hydroxylation is 4. The third-order valence-corrected chi connectivity index (χ3v) is 23.8. The number of rotatable bonds is 9. The Kier molecular flexibility index (Phi) is 35.9. The third kappa shape index (κ3) is 31.6. The summed E-state index contributed by atoms with van der Waals surface area (Å²) >= 11 is 6.20. The highest BCUT2D eigenvalue weighted by atomic mass is 35.5. The molecule has 9 aromatic heterocycles. The standard InChI is InChI=1S/5C13H17N3.C13H16N2.C12H14ClN3.2C12H15N3/c2*1-10-5-11(13(2,3)4)7-12(6-10)16-8-14-15-9-16;2*1-10-5-6-11(13(2,3)4)7-12(10)16-8-14-15-9-16;1-10-11(13(2,3)4)6-5-7-12(10)16-8-14-15-9-16;1-13(2,3)11-6-4-5-7-12(11)15-9-8-14-10-15;1-12(2,3)10-6-9(4-5-11(10)13)16-7-14-15-8-16;1-12(2,3)10-4-6-11(7-5-10)15-8-13-14-9-15;1-12(2,3)10-5-4-6-11(7-10)15-8-13-14-9-15/h5*5-9H,1-4H3;4-10H,1-3H3;4-8H,1-3H3;2*4-9H,1-3H3. The van der Waals surface area contributed by atoms with Crippen molar-refractivity contribution >= 4 is 11.6 Å². The summed E-state index contributed by atoms with van der Waals surface area (Å²) in [6.07, 6.45) is 33.1. The fraction of sp³-hybridized carbons (Fsp3) is 0.360. The molecule has 26 nitrogen and oxygen atoms in total. The lowest BCUT2D eigenvalue weighted by Gasteiger charge is -2.23. The van der Waals surface area contributed by atoms with Crippen molar-refractivity contribution in [3.05, 3.63) is 385 Å². The van der Waals surface area contributed by atoms with Crippen LogP contribution in [0.3, 0.4) is 0 Å². The molecule has 18 rings (SSSR count). The van der Waals surface area contributed by atoms with E-state index in [4.69, 9.17) is 11.6 Å². The van der Waals surface area contributed by atoms with Crippen molar-refractivity contribution in [3.63, 3.8) is 0 Å². The number of imidazole rings is 1. The van der Waals surface area contributed by atoms with Gasteiger partial charge < -0.3 is 4.57 Å². The summed E-state index contributed by atoms with van der Waals surface area (Å²) in [5, 5.41) is 62.0. The van der Waals surface area contributed by atoms with Gasteiger partial charge in [-0.05, 0) is 252 Å². The van der Waals surface area contributed by atoms with Crippen LogP contribution in [0.2, 0.25) is 5.02 Å². The lowest BCUT2D eigenvalue weighted by molar-refractivity contribution is 0.585. The Hall–Kier alpha value is -14.4. The second-order valence-electron chi connectivity index (χ2n) is 44.5. The highest BCUT2D eigenvalue weighted by molar-refractivity contribution is 6.31. The molecule has 18 aromatic rings. The summed E-state index contributed by atoms with van der Waals surface area (Å²) in [4.78, 5) is 4.08. The van der Waals surface area contributed by atoms with Gasteiger partial charge in [0.2, 0.25) is 0 Å². The van der Waals surface area contributed by atoms with Gasteiger partial charge in [-0.2, -0.15) is 0 Å². The van der Waals surface area contributed by atoms with Crippen molar-refractivity contribution in [1.82, 2.24) is 128 Å². The second-order valence-corrected chi connectivity index (χ2v) is 44.9. The van der Waals surface area contributed by atoms with Gasteiger partial charge in [-0.1, -0.05) is 290 Å². The monoisotopic (exact) mass is 1910 g/mol. The van der Waals surface area contributed by atoms with Crippen LogP contribution in [0.4, 0.5) is 0 Å². The molecular formula is C114H145ClN26. The van der Waals surface area contributed by atoms with Gasteiger partial charge in [-0.25, -0.2) is 4.98 Å². The van der Waals surface area contributed by atoms with Crippen molar-refractivity contribution in [1.29, 1.82) is 0 Å². The highest BCUT2D eigenvalue weighted by Crippen LogP contribution is 2.36. The van der Waals surface area contributed by atoms with E-state index in [-0.39, 0.29) is 48.7 Å². The van der Waals surface area contributed by atoms with E-state index < -0.39 is 0 Å². The zero-order valence-corrected chi connectivity index (χ0v) is 89.6. The maximum atomic E-state index is 6.20. The summed E-state index contributed by atoms with van der Waals surface area (Å²) in [6, 6.07) is 63.9. The first-order valence-corrected chi connectivity index (χ1v) is 48.0. The quantitative estimate of drug-likeness (QED) is 0.130. The maximum Gasteiger partial charge on any atom is 0.123 e. The van der Waals surface area contributed by atoms with Crippen molar-refractivity contribution in [2.45, 2.75) is 270 Å². The first-order chi connectivity index (χ1) is 66.1. The molecule has 141 heavy (non-hydrogen) atoms. The Morgan fingerprint density at radius 3 is 0.858 bits per heavy atom. The predicted octanol–water partition coefficient (Wildman–Crippen LogP) is 25.9. The molecule has 0 aliphatic carbocycles. The first-order valence-electron chi connectivity index (χ1n) is 47.6. The van der Waals surface area contributed by atoms with E-state index >= 15 is 0 Å². The molecule has 0 spiro atoms. The average molecular weight is 1920 g/mol. The topological polar surface area (TPSA) is 263 Å². The molecule has 9 aromatic carbocycles. The summed E-state index contributed by atoms with van der Waals surface area (Å²) < 4.78 is 17.4. The van der Waals surface area contributed by atoms with Gasteiger partial charge in [0.25, 0.3) is 0 Å². The SMILES string of the molecule is CC(C)(C)c1cc(-n2cnnc2)ccc1Cl.CC(C)(C)c1ccc(-n2cnnc2)cc1.CC(C)(C)c1cccc(-n2cnnc2)c1.CC(C)(C)c1ccccc1-n1ccnc1.Cc1c(-n2cnnc2)cccc1C(C)(C)C.Cc1cc(-n2cnnc2)cc(C(C)(C)C)c1.Cc1cc(-n2cnnc2)cc(C(C)(C)C)c1.Cc1ccc(C(C)(C)C)cc1-n1cnnc1.Cc1ccc(C(C)(C)C)cc1-n1cnnc1. The lowest BCUT2D eigenvalue weighted by Crippen LogP contribution is -2.14. The van der Waals surface area contributed by atoms with E-state index in [1.165, 1.54) is 78.0 Å². The number of benzene rings is 9. The molecule has 0 saturated carbocycles. The molecule has 0 amide bonds. The predicted molar refractivity (Wildman–Crippen MR) is 571 cm³/mol. The molecule has 9 heterocycles. The normalized spacial score (nSPS) is 11.7. The van der Waals surface area contributed by atoms with Crippen molar-refractivity contribution in [3.8, 4) is 51.2 Å². The zero-order chi connectivity index (χ0) is 103. The van der Waals surface area contributed by atoms with Gasteiger partial charge in [0, 0.05) is 45.9 Å². The fourth-order valence-corrected chi connectivity index (χ4v) is 15.4. The number of hydrogen-bond donors (Lipinski definition) is 0. The molecule has 738 valence electrons. The summed E-state index contributed by atoms with van der Waals surface area (Å²) in [5.41, 5.74) is 29.5. The van der Waals surface area contributed by atoms with Crippen LogP contribution >= 0.6 is 11.6 Å². The average Bonchev–Trinajstić information content (AvgIpc) is 1.79. The van der Waals surface area contributed by atoms with E-state index in [0.717, 1.165) is 56.1 Å². The van der Waals surface area contributed by atoms with Gasteiger partial charge in [-0.3, -0.25) is 36.5 Å². The number of para-hydroxylation sites is 1. The molecule has 27 heteroatoms. The van der Waals surface area contributed by atoms with E-state index in [2.05, 4.69) is 483 Å². The minimum Gasteiger partial charge on any atom is -0.306 e. The fourth-order valence-electron chi connectivity index (χ4n) is 15.0.